The summed E-state index contributed by atoms with van der Waals surface area (Å²) in [5.41, 5.74) is 1.82. The first-order valence-electron chi connectivity index (χ1n) is 8.05. The zero-order valence-corrected chi connectivity index (χ0v) is 13.3. The van der Waals surface area contributed by atoms with Crippen LogP contribution in [-0.2, 0) is 4.79 Å². The average Bonchev–Trinajstić information content (AvgIpc) is 3.34. The van der Waals surface area contributed by atoms with Crippen molar-refractivity contribution in [2.24, 2.45) is 5.92 Å². The predicted octanol–water partition coefficient (Wildman–Crippen LogP) is 3.73. The highest BCUT2D eigenvalue weighted by atomic mass is 16.5. The molecule has 0 spiro atoms. The SMILES string of the molecule is Cc1cccc(Oc2ccccc2NC(=O)CNCC2CC2)c1. The van der Waals surface area contributed by atoms with Crippen LogP contribution in [0.4, 0.5) is 5.69 Å². The lowest BCUT2D eigenvalue weighted by Crippen LogP contribution is -2.29. The summed E-state index contributed by atoms with van der Waals surface area (Å²) in [6, 6.07) is 15.3. The summed E-state index contributed by atoms with van der Waals surface area (Å²) in [4.78, 5) is 12.0. The molecule has 0 aromatic heterocycles. The van der Waals surface area contributed by atoms with E-state index in [0.29, 0.717) is 18.0 Å². The lowest BCUT2D eigenvalue weighted by atomic mass is 10.2. The van der Waals surface area contributed by atoms with Crippen molar-refractivity contribution in [3.8, 4) is 11.5 Å². The van der Waals surface area contributed by atoms with Gasteiger partial charge >= 0.3 is 0 Å². The summed E-state index contributed by atoms with van der Waals surface area (Å²) >= 11 is 0. The number of benzene rings is 2. The first-order valence-corrected chi connectivity index (χ1v) is 8.05. The van der Waals surface area contributed by atoms with E-state index in [0.717, 1.165) is 23.8 Å². The Morgan fingerprint density at radius 3 is 2.78 bits per heavy atom. The maximum absolute atomic E-state index is 12.0. The van der Waals surface area contributed by atoms with Crippen molar-refractivity contribution in [2.75, 3.05) is 18.4 Å². The molecule has 0 aliphatic heterocycles. The van der Waals surface area contributed by atoms with Crippen LogP contribution in [0, 0.1) is 12.8 Å². The van der Waals surface area contributed by atoms with Gasteiger partial charge < -0.3 is 15.4 Å². The Balaban J connectivity index is 1.61. The van der Waals surface area contributed by atoms with Gasteiger partial charge in [-0.15, -0.1) is 0 Å². The van der Waals surface area contributed by atoms with Crippen LogP contribution in [0.25, 0.3) is 0 Å². The van der Waals surface area contributed by atoms with Crippen LogP contribution in [0.5, 0.6) is 11.5 Å². The van der Waals surface area contributed by atoms with Gasteiger partial charge in [-0.05, 0) is 62.1 Å². The second-order valence-electron chi connectivity index (χ2n) is 6.04. The number of carbonyl (C=O) groups is 1. The number of rotatable bonds is 7. The van der Waals surface area contributed by atoms with E-state index in [2.05, 4.69) is 10.6 Å². The van der Waals surface area contributed by atoms with Crippen LogP contribution in [0.2, 0.25) is 0 Å². The molecule has 0 unspecified atom stereocenters. The highest BCUT2D eigenvalue weighted by molar-refractivity contribution is 5.93. The molecule has 1 amide bonds. The van der Waals surface area contributed by atoms with E-state index >= 15 is 0 Å². The molecule has 0 saturated heterocycles. The molecule has 2 aromatic carbocycles. The Hall–Kier alpha value is -2.33. The number of ether oxygens (including phenoxy) is 1. The maximum Gasteiger partial charge on any atom is 0.238 e. The number of hydrogen-bond donors (Lipinski definition) is 2. The van der Waals surface area contributed by atoms with Crippen LogP contribution in [0.3, 0.4) is 0 Å². The second-order valence-corrected chi connectivity index (χ2v) is 6.04. The van der Waals surface area contributed by atoms with E-state index in [4.69, 9.17) is 4.74 Å². The summed E-state index contributed by atoms with van der Waals surface area (Å²) in [7, 11) is 0. The molecule has 1 aliphatic rings. The highest BCUT2D eigenvalue weighted by Gasteiger charge is 2.20. The van der Waals surface area contributed by atoms with Crippen LogP contribution < -0.4 is 15.4 Å². The summed E-state index contributed by atoms with van der Waals surface area (Å²) in [5, 5.41) is 6.10. The van der Waals surface area contributed by atoms with Crippen LogP contribution >= 0.6 is 0 Å². The number of amides is 1. The first-order chi connectivity index (χ1) is 11.2. The first kappa shape index (κ1) is 15.6. The molecule has 4 heteroatoms. The summed E-state index contributed by atoms with van der Waals surface area (Å²) in [6.07, 6.45) is 2.56. The lowest BCUT2D eigenvalue weighted by molar-refractivity contribution is -0.115. The lowest BCUT2D eigenvalue weighted by Gasteiger charge is -2.13. The van der Waals surface area contributed by atoms with E-state index in [1.165, 1.54) is 12.8 Å². The van der Waals surface area contributed by atoms with E-state index in [1.54, 1.807) is 0 Å². The number of para-hydroxylation sites is 2. The molecule has 0 radical (unpaired) electrons. The zero-order valence-electron chi connectivity index (χ0n) is 13.3. The topological polar surface area (TPSA) is 50.4 Å². The molecule has 0 heterocycles. The molecule has 2 aromatic rings. The molecule has 0 bridgehead atoms. The highest BCUT2D eigenvalue weighted by Crippen LogP contribution is 2.29. The van der Waals surface area contributed by atoms with Crippen molar-refractivity contribution in [3.63, 3.8) is 0 Å². The molecule has 120 valence electrons. The number of carbonyl (C=O) groups excluding carboxylic acids is 1. The molecule has 2 N–H and O–H groups in total. The normalized spacial score (nSPS) is 13.6. The summed E-state index contributed by atoms with van der Waals surface area (Å²) in [5.74, 6) is 2.12. The molecule has 1 aliphatic carbocycles. The Kier molecular flexibility index (Phi) is 4.93. The maximum atomic E-state index is 12.0. The van der Waals surface area contributed by atoms with Gasteiger partial charge in [0.15, 0.2) is 5.75 Å². The largest absolute Gasteiger partial charge is 0.455 e. The van der Waals surface area contributed by atoms with E-state index in [1.807, 2.05) is 55.5 Å². The van der Waals surface area contributed by atoms with Crippen molar-refractivity contribution in [1.29, 1.82) is 0 Å². The third kappa shape index (κ3) is 4.83. The average molecular weight is 310 g/mol. The van der Waals surface area contributed by atoms with Gasteiger partial charge in [-0.2, -0.15) is 0 Å². The van der Waals surface area contributed by atoms with Gasteiger partial charge in [-0.1, -0.05) is 24.3 Å². The molecule has 1 fully saturated rings. The van der Waals surface area contributed by atoms with Crippen molar-refractivity contribution >= 4 is 11.6 Å². The van der Waals surface area contributed by atoms with Gasteiger partial charge in [-0.25, -0.2) is 0 Å². The fourth-order valence-electron chi connectivity index (χ4n) is 2.37. The van der Waals surface area contributed by atoms with Gasteiger partial charge in [0.1, 0.15) is 5.75 Å². The summed E-state index contributed by atoms with van der Waals surface area (Å²) < 4.78 is 5.91. The van der Waals surface area contributed by atoms with Gasteiger partial charge in [0.05, 0.1) is 12.2 Å². The summed E-state index contributed by atoms with van der Waals surface area (Å²) in [6.45, 7) is 3.27. The Morgan fingerprint density at radius 2 is 2.00 bits per heavy atom. The van der Waals surface area contributed by atoms with Crippen molar-refractivity contribution < 1.29 is 9.53 Å². The minimum absolute atomic E-state index is 0.0501. The predicted molar refractivity (Wildman–Crippen MR) is 91.9 cm³/mol. The van der Waals surface area contributed by atoms with Crippen LogP contribution in [0.15, 0.2) is 48.5 Å². The molecule has 1 saturated carbocycles. The van der Waals surface area contributed by atoms with Gasteiger partial charge in [0.25, 0.3) is 0 Å². The number of aryl methyl sites for hydroxylation is 1. The van der Waals surface area contributed by atoms with Crippen LogP contribution in [0.1, 0.15) is 18.4 Å². The zero-order chi connectivity index (χ0) is 16.1. The van der Waals surface area contributed by atoms with Gasteiger partial charge in [0, 0.05) is 0 Å². The van der Waals surface area contributed by atoms with Gasteiger partial charge in [-0.3, -0.25) is 4.79 Å². The molecule has 0 atom stereocenters. The Morgan fingerprint density at radius 1 is 1.17 bits per heavy atom. The van der Waals surface area contributed by atoms with E-state index in [-0.39, 0.29) is 5.91 Å². The van der Waals surface area contributed by atoms with E-state index < -0.39 is 0 Å². The molecule has 23 heavy (non-hydrogen) atoms. The minimum atomic E-state index is -0.0501. The molecular weight excluding hydrogens is 288 g/mol. The van der Waals surface area contributed by atoms with Crippen molar-refractivity contribution in [2.45, 2.75) is 19.8 Å². The third-order valence-corrected chi connectivity index (χ3v) is 3.79. The smallest absolute Gasteiger partial charge is 0.238 e. The van der Waals surface area contributed by atoms with E-state index in [9.17, 15) is 4.79 Å². The van der Waals surface area contributed by atoms with Gasteiger partial charge in [0.2, 0.25) is 5.91 Å². The number of hydrogen-bond acceptors (Lipinski definition) is 3. The molecular formula is C19H22N2O2. The fourth-order valence-corrected chi connectivity index (χ4v) is 2.37. The quantitative estimate of drug-likeness (QED) is 0.819. The van der Waals surface area contributed by atoms with Crippen LogP contribution in [-0.4, -0.2) is 19.0 Å². The number of nitrogens with one attached hydrogen (secondary N) is 2. The molecule has 3 rings (SSSR count). The minimum Gasteiger partial charge on any atom is -0.455 e. The standard InChI is InChI=1S/C19H22N2O2/c1-14-5-4-6-16(11-14)23-18-8-3-2-7-17(18)21-19(22)13-20-12-15-9-10-15/h2-8,11,15,20H,9-10,12-13H2,1H3,(H,21,22). The van der Waals surface area contributed by atoms with Crippen molar-refractivity contribution in [1.82, 2.24) is 5.32 Å². The number of anilines is 1. The third-order valence-electron chi connectivity index (χ3n) is 3.79. The fraction of sp³-hybridized carbons (Fsp3) is 0.316. The molecule has 4 nitrogen and oxygen atoms in total. The Bertz CT molecular complexity index is 681. The second kappa shape index (κ2) is 7.29. The Labute approximate surface area is 136 Å². The van der Waals surface area contributed by atoms with Crippen molar-refractivity contribution in [3.05, 3.63) is 54.1 Å². The monoisotopic (exact) mass is 310 g/mol.